The van der Waals surface area contributed by atoms with Gasteiger partial charge in [0.2, 0.25) is 5.92 Å². The lowest BCUT2D eigenvalue weighted by Crippen LogP contribution is -2.18. The molecule has 1 aliphatic carbocycles. The molecule has 5 nitrogen and oxygen atoms in total. The van der Waals surface area contributed by atoms with E-state index < -0.39 is 11.9 Å². The Balaban J connectivity index is 2.21. The number of esters is 1. The van der Waals surface area contributed by atoms with Gasteiger partial charge in [-0.3, -0.25) is 4.68 Å². The largest absolute Gasteiger partial charge is 0.504 e. The molecule has 1 unspecified atom stereocenters. The van der Waals surface area contributed by atoms with Crippen molar-refractivity contribution in [2.75, 3.05) is 7.11 Å². The smallest absolute Gasteiger partial charge is 0.360 e. The molecule has 1 aromatic rings. The average Bonchev–Trinajstić information content (AvgIpc) is 2.80. The summed E-state index contributed by atoms with van der Waals surface area (Å²) in [4.78, 5) is 11.6. The maximum Gasteiger partial charge on any atom is 0.360 e. The number of nitrogens with zero attached hydrogens (tertiary/aromatic N) is 2. The minimum atomic E-state index is -2.64. The lowest BCUT2D eigenvalue weighted by Gasteiger charge is -2.12. The molecule has 1 atom stereocenters. The van der Waals surface area contributed by atoms with E-state index in [0.29, 0.717) is 6.42 Å². The number of aromatic hydroxyl groups is 1. The number of hydrogen-bond donors (Lipinski definition) is 1. The van der Waals surface area contributed by atoms with Gasteiger partial charge in [0.25, 0.3) is 0 Å². The van der Waals surface area contributed by atoms with E-state index in [2.05, 4.69) is 9.84 Å². The summed E-state index contributed by atoms with van der Waals surface area (Å²) in [5, 5.41) is 13.8. The van der Waals surface area contributed by atoms with Crippen molar-refractivity contribution in [2.24, 2.45) is 5.92 Å². The molecule has 1 aliphatic rings. The third-order valence-corrected chi connectivity index (χ3v) is 3.41. The number of ether oxygens (including phenoxy) is 1. The van der Waals surface area contributed by atoms with Gasteiger partial charge >= 0.3 is 5.97 Å². The molecular formula is C12H16F2N2O3. The molecule has 106 valence electrons. The maximum absolute atomic E-state index is 13.1. The van der Waals surface area contributed by atoms with Gasteiger partial charge in [-0.15, -0.1) is 0 Å². The summed E-state index contributed by atoms with van der Waals surface area (Å²) in [7, 11) is 1.19. The van der Waals surface area contributed by atoms with Crippen molar-refractivity contribution in [2.45, 2.75) is 38.7 Å². The molecule has 1 saturated carbocycles. The van der Waals surface area contributed by atoms with Gasteiger partial charge in [-0.25, -0.2) is 13.6 Å². The Morgan fingerprint density at radius 2 is 2.32 bits per heavy atom. The Morgan fingerprint density at radius 1 is 1.63 bits per heavy atom. The van der Waals surface area contributed by atoms with Crippen molar-refractivity contribution in [1.82, 2.24) is 9.78 Å². The Kier molecular flexibility index (Phi) is 3.47. The molecule has 1 N–H and O–H groups in total. The summed E-state index contributed by atoms with van der Waals surface area (Å²) >= 11 is 0. The quantitative estimate of drug-likeness (QED) is 0.857. The minimum absolute atomic E-state index is 0.0739. The van der Waals surface area contributed by atoms with E-state index in [0.717, 1.165) is 0 Å². The van der Waals surface area contributed by atoms with Crippen molar-refractivity contribution in [3.8, 4) is 5.75 Å². The predicted molar refractivity (Wildman–Crippen MR) is 62.3 cm³/mol. The topological polar surface area (TPSA) is 64.3 Å². The standard InChI is InChI=1S/C12H16F2N2O3/c1-7-10(17)9(11(18)19-2)16(15-7)6-8-3-4-12(13,14)5-8/h8,17H,3-6H2,1-2H3. The Labute approximate surface area is 109 Å². The van der Waals surface area contributed by atoms with Gasteiger partial charge in [-0.1, -0.05) is 0 Å². The van der Waals surface area contributed by atoms with E-state index in [9.17, 15) is 18.7 Å². The van der Waals surface area contributed by atoms with E-state index in [1.807, 2.05) is 0 Å². The summed E-state index contributed by atoms with van der Waals surface area (Å²) in [5.41, 5.74) is 0.209. The Bertz CT molecular complexity index is 499. The molecule has 0 saturated heterocycles. The zero-order valence-corrected chi connectivity index (χ0v) is 10.8. The summed E-state index contributed by atoms with van der Waals surface area (Å²) in [6.45, 7) is 1.73. The number of carbonyl (C=O) groups is 1. The van der Waals surface area contributed by atoms with Crippen LogP contribution < -0.4 is 0 Å². The highest BCUT2D eigenvalue weighted by Crippen LogP contribution is 2.40. The van der Waals surface area contributed by atoms with Crippen LogP contribution in [0.15, 0.2) is 0 Å². The minimum Gasteiger partial charge on any atom is -0.504 e. The molecule has 0 radical (unpaired) electrons. The van der Waals surface area contributed by atoms with Crippen molar-refractivity contribution in [1.29, 1.82) is 0 Å². The number of halogens is 2. The number of aryl methyl sites for hydroxylation is 1. The first-order valence-corrected chi connectivity index (χ1v) is 6.06. The average molecular weight is 274 g/mol. The van der Waals surface area contributed by atoms with Gasteiger partial charge in [-0.2, -0.15) is 5.10 Å². The highest BCUT2D eigenvalue weighted by Gasteiger charge is 2.40. The van der Waals surface area contributed by atoms with Crippen LogP contribution in [0, 0.1) is 12.8 Å². The first-order valence-electron chi connectivity index (χ1n) is 6.06. The molecule has 0 spiro atoms. The molecule has 0 bridgehead atoms. The van der Waals surface area contributed by atoms with Crippen LogP contribution in [0.4, 0.5) is 8.78 Å². The molecule has 2 rings (SSSR count). The zero-order chi connectivity index (χ0) is 14.2. The zero-order valence-electron chi connectivity index (χ0n) is 10.8. The SMILES string of the molecule is COC(=O)c1c(O)c(C)nn1CC1CCC(F)(F)C1. The summed E-state index contributed by atoms with van der Waals surface area (Å²) in [6.07, 6.45) is 0.0258. The van der Waals surface area contributed by atoms with Crippen LogP contribution in [0.3, 0.4) is 0 Å². The molecule has 7 heteroatoms. The fraction of sp³-hybridized carbons (Fsp3) is 0.667. The second kappa shape index (κ2) is 4.79. The van der Waals surface area contributed by atoms with Crippen LogP contribution in [0.1, 0.15) is 35.4 Å². The van der Waals surface area contributed by atoms with Gasteiger partial charge in [-0.05, 0) is 19.3 Å². The second-order valence-corrected chi connectivity index (χ2v) is 4.92. The molecule has 0 aromatic carbocycles. The van der Waals surface area contributed by atoms with Gasteiger partial charge in [0.15, 0.2) is 11.4 Å². The molecule has 0 amide bonds. The number of carbonyl (C=O) groups excluding carboxylic acids is 1. The molecule has 1 aromatic heterocycles. The van der Waals surface area contributed by atoms with E-state index in [4.69, 9.17) is 0 Å². The third-order valence-electron chi connectivity index (χ3n) is 3.41. The van der Waals surface area contributed by atoms with E-state index in [1.54, 1.807) is 6.92 Å². The molecule has 1 fully saturated rings. The summed E-state index contributed by atoms with van der Waals surface area (Å²) < 4.78 is 32.1. The van der Waals surface area contributed by atoms with Crippen LogP contribution >= 0.6 is 0 Å². The monoisotopic (exact) mass is 274 g/mol. The van der Waals surface area contributed by atoms with Gasteiger partial charge < -0.3 is 9.84 Å². The molecule has 0 aliphatic heterocycles. The van der Waals surface area contributed by atoms with Crippen molar-refractivity contribution in [3.05, 3.63) is 11.4 Å². The highest BCUT2D eigenvalue weighted by molar-refractivity contribution is 5.90. The van der Waals surface area contributed by atoms with Gasteiger partial charge in [0.05, 0.1) is 7.11 Å². The Hall–Kier alpha value is -1.66. The number of alkyl halides is 2. The van der Waals surface area contributed by atoms with E-state index >= 15 is 0 Å². The lowest BCUT2D eigenvalue weighted by molar-refractivity contribution is 0.00420. The van der Waals surface area contributed by atoms with Crippen molar-refractivity contribution in [3.63, 3.8) is 0 Å². The van der Waals surface area contributed by atoms with Crippen LogP contribution in [0.5, 0.6) is 5.75 Å². The van der Waals surface area contributed by atoms with Crippen molar-refractivity contribution < 1.29 is 23.4 Å². The maximum atomic E-state index is 13.1. The van der Waals surface area contributed by atoms with Crippen LogP contribution in [-0.2, 0) is 11.3 Å². The van der Waals surface area contributed by atoms with Gasteiger partial charge in [0.1, 0.15) is 5.69 Å². The van der Waals surface area contributed by atoms with Crippen LogP contribution in [0.25, 0.3) is 0 Å². The first kappa shape index (κ1) is 13.8. The number of hydrogen-bond acceptors (Lipinski definition) is 4. The summed E-state index contributed by atoms with van der Waals surface area (Å²) in [6, 6.07) is 0. The lowest BCUT2D eigenvalue weighted by atomic mass is 10.1. The van der Waals surface area contributed by atoms with Gasteiger partial charge in [0, 0.05) is 19.4 Å². The molecule has 19 heavy (non-hydrogen) atoms. The normalized spacial score (nSPS) is 21.6. The van der Waals surface area contributed by atoms with Crippen LogP contribution in [0.2, 0.25) is 0 Å². The van der Waals surface area contributed by atoms with Crippen molar-refractivity contribution >= 4 is 5.97 Å². The Morgan fingerprint density at radius 3 is 2.84 bits per heavy atom. The number of methoxy groups -OCH3 is 1. The summed E-state index contributed by atoms with van der Waals surface area (Å²) in [5.74, 6) is -3.86. The fourth-order valence-electron chi connectivity index (χ4n) is 2.45. The number of rotatable bonds is 3. The molecule has 1 heterocycles. The first-order chi connectivity index (χ1) is 8.84. The predicted octanol–water partition coefficient (Wildman–Crippen LogP) is 2.12. The highest BCUT2D eigenvalue weighted by atomic mass is 19.3. The molecular weight excluding hydrogens is 258 g/mol. The van der Waals surface area contributed by atoms with E-state index in [1.165, 1.54) is 11.8 Å². The van der Waals surface area contributed by atoms with E-state index in [-0.39, 0.29) is 42.4 Å². The van der Waals surface area contributed by atoms with Crippen LogP contribution in [-0.4, -0.2) is 33.9 Å². The second-order valence-electron chi connectivity index (χ2n) is 4.92. The third kappa shape index (κ3) is 2.69. The number of aromatic nitrogens is 2. The fourth-order valence-corrected chi connectivity index (χ4v) is 2.45.